The third kappa shape index (κ3) is 3.46. The highest BCUT2D eigenvalue weighted by Gasteiger charge is 2.17. The number of benzene rings is 1. The Morgan fingerprint density at radius 3 is 2.50 bits per heavy atom. The van der Waals surface area contributed by atoms with E-state index in [1.54, 1.807) is 18.2 Å². The van der Waals surface area contributed by atoms with Gasteiger partial charge >= 0.3 is 0 Å². The van der Waals surface area contributed by atoms with Crippen LogP contribution in [0.2, 0.25) is 0 Å². The van der Waals surface area contributed by atoms with Crippen molar-refractivity contribution in [2.75, 3.05) is 6.61 Å². The second-order valence-corrected chi connectivity index (χ2v) is 6.34. The van der Waals surface area contributed by atoms with Crippen molar-refractivity contribution in [3.63, 3.8) is 0 Å². The fourth-order valence-corrected chi connectivity index (χ4v) is 3.04. The van der Waals surface area contributed by atoms with E-state index in [-0.39, 0.29) is 4.90 Å². The van der Waals surface area contributed by atoms with Crippen LogP contribution in [0.5, 0.6) is 5.75 Å². The summed E-state index contributed by atoms with van der Waals surface area (Å²) < 4.78 is 28.4. The average Bonchev–Trinajstić information content (AvgIpc) is 2.37. The maximum atomic E-state index is 11.4. The van der Waals surface area contributed by atoms with Crippen molar-refractivity contribution < 1.29 is 13.2 Å². The smallest absolute Gasteiger partial charge is 0.241 e. The first-order chi connectivity index (χ1) is 8.57. The van der Waals surface area contributed by atoms with E-state index in [9.17, 15) is 8.42 Å². The molecule has 0 amide bonds. The molecular weight excluding hydrogens is 250 g/mol. The van der Waals surface area contributed by atoms with E-state index in [2.05, 4.69) is 0 Å². The topological polar surface area (TPSA) is 69.4 Å². The second kappa shape index (κ2) is 5.71. The molecular formula is C13H19NO3S. The molecule has 2 N–H and O–H groups in total. The van der Waals surface area contributed by atoms with Gasteiger partial charge in [0.25, 0.3) is 0 Å². The SMILES string of the molecule is NS(=O)(=O)c1ccccc1OCC1CCCCC1. The third-order valence-electron chi connectivity index (χ3n) is 3.35. The van der Waals surface area contributed by atoms with E-state index in [4.69, 9.17) is 9.88 Å². The van der Waals surface area contributed by atoms with Gasteiger partial charge in [0.15, 0.2) is 0 Å². The van der Waals surface area contributed by atoms with Crippen LogP contribution >= 0.6 is 0 Å². The third-order valence-corrected chi connectivity index (χ3v) is 4.31. The van der Waals surface area contributed by atoms with Gasteiger partial charge < -0.3 is 4.74 Å². The van der Waals surface area contributed by atoms with Gasteiger partial charge in [0.05, 0.1) is 6.61 Å². The zero-order chi connectivity index (χ0) is 13.0. The number of rotatable bonds is 4. The molecule has 1 aromatic rings. The highest BCUT2D eigenvalue weighted by Crippen LogP contribution is 2.27. The first kappa shape index (κ1) is 13.4. The van der Waals surface area contributed by atoms with E-state index >= 15 is 0 Å². The fourth-order valence-electron chi connectivity index (χ4n) is 2.37. The first-order valence-corrected chi connectivity index (χ1v) is 7.86. The predicted molar refractivity (Wildman–Crippen MR) is 69.9 cm³/mol. The van der Waals surface area contributed by atoms with Crippen LogP contribution in [0, 0.1) is 5.92 Å². The van der Waals surface area contributed by atoms with E-state index in [0.29, 0.717) is 18.3 Å². The molecule has 0 aliphatic heterocycles. The number of primary sulfonamides is 1. The molecule has 0 saturated heterocycles. The summed E-state index contributed by atoms with van der Waals surface area (Å²) >= 11 is 0. The van der Waals surface area contributed by atoms with E-state index in [0.717, 1.165) is 12.8 Å². The monoisotopic (exact) mass is 269 g/mol. The minimum Gasteiger partial charge on any atom is -0.492 e. The number of ether oxygens (including phenoxy) is 1. The van der Waals surface area contributed by atoms with Crippen molar-refractivity contribution in [3.8, 4) is 5.75 Å². The summed E-state index contributed by atoms with van der Waals surface area (Å²) in [5.41, 5.74) is 0. The Labute approximate surface area is 108 Å². The average molecular weight is 269 g/mol. The highest BCUT2D eigenvalue weighted by molar-refractivity contribution is 7.89. The van der Waals surface area contributed by atoms with Gasteiger partial charge in [-0.05, 0) is 30.9 Å². The van der Waals surface area contributed by atoms with Crippen molar-refractivity contribution in [2.24, 2.45) is 11.1 Å². The summed E-state index contributed by atoms with van der Waals surface area (Å²) in [6, 6.07) is 6.53. The zero-order valence-electron chi connectivity index (χ0n) is 10.3. The minimum absolute atomic E-state index is 0.0702. The summed E-state index contributed by atoms with van der Waals surface area (Å²) in [7, 11) is -3.71. The predicted octanol–water partition coefficient (Wildman–Crippen LogP) is 2.29. The van der Waals surface area contributed by atoms with Gasteiger partial charge in [0.2, 0.25) is 10.0 Å². The van der Waals surface area contributed by atoms with Crippen LogP contribution in [0.15, 0.2) is 29.2 Å². The van der Waals surface area contributed by atoms with Crippen molar-refractivity contribution in [3.05, 3.63) is 24.3 Å². The van der Waals surface area contributed by atoms with Crippen molar-refractivity contribution >= 4 is 10.0 Å². The van der Waals surface area contributed by atoms with Crippen LogP contribution in [-0.2, 0) is 10.0 Å². The number of sulfonamides is 1. The van der Waals surface area contributed by atoms with Gasteiger partial charge in [0.1, 0.15) is 10.6 Å². The van der Waals surface area contributed by atoms with Gasteiger partial charge in [-0.1, -0.05) is 31.4 Å². The molecule has 0 heterocycles. The lowest BCUT2D eigenvalue weighted by Gasteiger charge is -2.22. The Kier molecular flexibility index (Phi) is 4.24. The molecule has 1 saturated carbocycles. The summed E-state index contributed by atoms with van der Waals surface area (Å²) in [5, 5.41) is 5.16. The number of nitrogens with two attached hydrogens (primary N) is 1. The molecule has 1 aromatic carbocycles. The molecule has 100 valence electrons. The molecule has 0 radical (unpaired) electrons. The van der Waals surface area contributed by atoms with Crippen LogP contribution in [-0.4, -0.2) is 15.0 Å². The Bertz CT molecular complexity index is 493. The molecule has 0 bridgehead atoms. The lowest BCUT2D eigenvalue weighted by atomic mass is 9.90. The standard InChI is InChI=1S/C13H19NO3S/c14-18(15,16)13-9-5-4-8-12(13)17-10-11-6-2-1-3-7-11/h4-5,8-9,11H,1-3,6-7,10H2,(H2,14,15,16). The molecule has 0 aromatic heterocycles. The molecule has 2 rings (SSSR count). The molecule has 1 fully saturated rings. The Morgan fingerprint density at radius 2 is 1.83 bits per heavy atom. The maximum Gasteiger partial charge on any atom is 0.241 e. The molecule has 0 unspecified atom stereocenters. The zero-order valence-corrected chi connectivity index (χ0v) is 11.2. The number of hydrogen-bond acceptors (Lipinski definition) is 3. The maximum absolute atomic E-state index is 11.4. The number of para-hydroxylation sites is 1. The van der Waals surface area contributed by atoms with Crippen LogP contribution in [0.25, 0.3) is 0 Å². The van der Waals surface area contributed by atoms with Crippen LogP contribution in [0.3, 0.4) is 0 Å². The summed E-state index contributed by atoms with van der Waals surface area (Å²) in [5.74, 6) is 0.901. The molecule has 1 aliphatic rings. The fraction of sp³-hybridized carbons (Fsp3) is 0.538. The Hall–Kier alpha value is -1.07. The van der Waals surface area contributed by atoms with Crippen LogP contribution < -0.4 is 9.88 Å². The normalized spacial score (nSPS) is 17.6. The highest BCUT2D eigenvalue weighted by atomic mass is 32.2. The van der Waals surface area contributed by atoms with Crippen LogP contribution in [0.4, 0.5) is 0 Å². The molecule has 1 aliphatic carbocycles. The molecule has 18 heavy (non-hydrogen) atoms. The van der Waals surface area contributed by atoms with Crippen molar-refractivity contribution in [1.29, 1.82) is 0 Å². The summed E-state index contributed by atoms with van der Waals surface area (Å²) in [4.78, 5) is 0.0702. The second-order valence-electron chi connectivity index (χ2n) is 4.81. The summed E-state index contributed by atoms with van der Waals surface area (Å²) in [6.07, 6.45) is 6.11. The van der Waals surface area contributed by atoms with E-state index in [1.807, 2.05) is 0 Å². The molecule has 0 atom stereocenters. The summed E-state index contributed by atoms with van der Waals surface area (Å²) in [6.45, 7) is 0.576. The number of hydrogen-bond donors (Lipinski definition) is 1. The van der Waals surface area contributed by atoms with Gasteiger partial charge in [-0.2, -0.15) is 0 Å². The Balaban J connectivity index is 2.05. The van der Waals surface area contributed by atoms with Gasteiger partial charge in [-0.25, -0.2) is 13.6 Å². The Morgan fingerprint density at radius 1 is 1.17 bits per heavy atom. The van der Waals surface area contributed by atoms with Gasteiger partial charge in [-0.15, -0.1) is 0 Å². The van der Waals surface area contributed by atoms with E-state index in [1.165, 1.54) is 25.3 Å². The quantitative estimate of drug-likeness (QED) is 0.911. The first-order valence-electron chi connectivity index (χ1n) is 6.32. The van der Waals surface area contributed by atoms with Crippen molar-refractivity contribution in [2.45, 2.75) is 37.0 Å². The van der Waals surface area contributed by atoms with Gasteiger partial charge in [-0.3, -0.25) is 0 Å². The largest absolute Gasteiger partial charge is 0.492 e. The molecule has 0 spiro atoms. The van der Waals surface area contributed by atoms with Crippen molar-refractivity contribution in [1.82, 2.24) is 0 Å². The molecule has 5 heteroatoms. The van der Waals surface area contributed by atoms with E-state index < -0.39 is 10.0 Å². The molecule has 4 nitrogen and oxygen atoms in total. The van der Waals surface area contributed by atoms with Crippen LogP contribution in [0.1, 0.15) is 32.1 Å². The lowest BCUT2D eigenvalue weighted by molar-refractivity contribution is 0.205. The lowest BCUT2D eigenvalue weighted by Crippen LogP contribution is -2.18. The minimum atomic E-state index is -3.71. The van der Waals surface area contributed by atoms with Gasteiger partial charge in [0, 0.05) is 0 Å².